The molecule has 8 nitrogen and oxygen atoms in total. The van der Waals surface area contributed by atoms with E-state index < -0.39 is 0 Å². The van der Waals surface area contributed by atoms with Gasteiger partial charge in [-0.15, -0.1) is 10.2 Å². The molecule has 0 amide bonds. The van der Waals surface area contributed by atoms with Gasteiger partial charge in [0.25, 0.3) is 0 Å². The summed E-state index contributed by atoms with van der Waals surface area (Å²) in [6, 6.07) is 2.47. The van der Waals surface area contributed by atoms with Crippen LogP contribution in [0.3, 0.4) is 0 Å². The molecule has 2 fully saturated rings. The lowest BCUT2D eigenvalue weighted by Gasteiger charge is -2.35. The Bertz CT molecular complexity index is 777. The number of aliphatic hydroxyl groups is 1. The molecule has 0 spiro atoms. The van der Waals surface area contributed by atoms with Gasteiger partial charge in [0.15, 0.2) is 0 Å². The maximum atomic E-state index is 9.51. The molecule has 8 heteroatoms. The van der Waals surface area contributed by atoms with Crippen LogP contribution in [0.2, 0.25) is 0 Å². The number of hydrogen-bond donors (Lipinski definition) is 1. The summed E-state index contributed by atoms with van der Waals surface area (Å²) < 4.78 is 2.18. The summed E-state index contributed by atoms with van der Waals surface area (Å²) in [5, 5.41) is 18.1. The van der Waals surface area contributed by atoms with Crippen molar-refractivity contribution in [2.45, 2.75) is 51.5 Å². The molecule has 4 heterocycles. The largest absolute Gasteiger partial charge is 0.396 e. The van der Waals surface area contributed by atoms with Crippen LogP contribution in [-0.2, 0) is 0 Å². The molecule has 0 aromatic carbocycles. The standard InChI is InChI=1S/C20H31N7O/c1-15(2)27-14-23-24-20(27)17-6-4-8-26(11-17)19-9-18(21-13-22-19)25-7-3-5-16(10-25)12-28/h9,13-17,28H,3-8,10-12H2,1-2H3. The Morgan fingerprint density at radius 1 is 1.07 bits per heavy atom. The first kappa shape index (κ1) is 19.1. The van der Waals surface area contributed by atoms with Gasteiger partial charge >= 0.3 is 0 Å². The van der Waals surface area contributed by atoms with E-state index in [9.17, 15) is 5.11 Å². The van der Waals surface area contributed by atoms with Crippen molar-refractivity contribution in [2.24, 2.45) is 5.92 Å². The minimum atomic E-state index is 0.249. The highest BCUT2D eigenvalue weighted by Gasteiger charge is 2.27. The lowest BCUT2D eigenvalue weighted by atomic mass is 9.96. The molecule has 0 radical (unpaired) electrons. The molecule has 0 aliphatic carbocycles. The van der Waals surface area contributed by atoms with Crippen LogP contribution in [0, 0.1) is 5.92 Å². The Morgan fingerprint density at radius 2 is 1.79 bits per heavy atom. The van der Waals surface area contributed by atoms with Gasteiger partial charge in [-0.05, 0) is 45.4 Å². The SMILES string of the molecule is CC(C)n1cnnc1C1CCCN(c2cc(N3CCCC(CO)C3)ncn2)C1. The molecular formula is C20H31N7O. The second-order valence-corrected chi connectivity index (χ2v) is 8.35. The van der Waals surface area contributed by atoms with E-state index in [1.54, 1.807) is 6.33 Å². The number of nitrogens with zero attached hydrogens (tertiary/aromatic N) is 7. The minimum absolute atomic E-state index is 0.249. The van der Waals surface area contributed by atoms with Gasteiger partial charge in [-0.25, -0.2) is 9.97 Å². The minimum Gasteiger partial charge on any atom is -0.396 e. The zero-order chi connectivity index (χ0) is 19.5. The molecule has 4 rings (SSSR count). The van der Waals surface area contributed by atoms with Gasteiger partial charge in [-0.2, -0.15) is 0 Å². The van der Waals surface area contributed by atoms with Crippen LogP contribution >= 0.6 is 0 Å². The monoisotopic (exact) mass is 385 g/mol. The Hall–Kier alpha value is -2.22. The molecule has 2 aliphatic heterocycles. The second-order valence-electron chi connectivity index (χ2n) is 8.35. The molecule has 2 aromatic rings. The maximum absolute atomic E-state index is 9.51. The molecule has 28 heavy (non-hydrogen) atoms. The van der Waals surface area contributed by atoms with E-state index in [4.69, 9.17) is 0 Å². The van der Waals surface area contributed by atoms with Crippen LogP contribution in [-0.4, -0.2) is 62.6 Å². The quantitative estimate of drug-likeness (QED) is 0.845. The highest BCUT2D eigenvalue weighted by molar-refractivity contribution is 5.51. The summed E-state index contributed by atoms with van der Waals surface area (Å²) in [7, 11) is 0. The van der Waals surface area contributed by atoms with Gasteiger partial charge in [0.1, 0.15) is 30.1 Å². The van der Waals surface area contributed by atoms with Crippen molar-refractivity contribution in [3.8, 4) is 0 Å². The van der Waals surface area contributed by atoms with Crippen molar-refractivity contribution in [3.05, 3.63) is 24.5 Å². The van der Waals surface area contributed by atoms with Gasteiger partial charge in [-0.3, -0.25) is 0 Å². The Morgan fingerprint density at radius 3 is 2.50 bits per heavy atom. The summed E-state index contributed by atoms with van der Waals surface area (Å²) in [5.74, 6) is 3.74. The zero-order valence-electron chi connectivity index (χ0n) is 16.9. The number of anilines is 2. The van der Waals surface area contributed by atoms with Gasteiger partial charge < -0.3 is 19.5 Å². The third-order valence-corrected chi connectivity index (χ3v) is 6.01. The highest BCUT2D eigenvalue weighted by atomic mass is 16.3. The van der Waals surface area contributed by atoms with Crippen LogP contribution in [0.4, 0.5) is 11.6 Å². The topological polar surface area (TPSA) is 83.2 Å². The molecular weight excluding hydrogens is 354 g/mol. The van der Waals surface area contributed by atoms with Crippen molar-refractivity contribution in [1.82, 2.24) is 24.7 Å². The lowest BCUT2D eigenvalue weighted by molar-refractivity contribution is 0.208. The average Bonchev–Trinajstić information content (AvgIpc) is 3.24. The van der Waals surface area contributed by atoms with Gasteiger partial charge in [0.05, 0.1) is 0 Å². The fourth-order valence-corrected chi connectivity index (χ4v) is 4.44. The molecule has 2 atom stereocenters. The summed E-state index contributed by atoms with van der Waals surface area (Å²) >= 11 is 0. The van der Waals surface area contributed by atoms with E-state index in [1.165, 1.54) is 0 Å². The van der Waals surface area contributed by atoms with Gasteiger partial charge in [0, 0.05) is 50.8 Å². The van der Waals surface area contributed by atoms with E-state index in [0.717, 1.165) is 69.3 Å². The van der Waals surface area contributed by atoms with E-state index in [0.29, 0.717) is 17.9 Å². The highest BCUT2D eigenvalue weighted by Crippen LogP contribution is 2.30. The fraction of sp³-hybridized carbons (Fsp3) is 0.700. The van der Waals surface area contributed by atoms with E-state index in [1.807, 2.05) is 6.33 Å². The number of rotatable bonds is 5. The predicted octanol–water partition coefficient (Wildman–Crippen LogP) is 2.24. The summed E-state index contributed by atoms with van der Waals surface area (Å²) in [5.41, 5.74) is 0. The zero-order valence-corrected chi connectivity index (χ0v) is 16.9. The summed E-state index contributed by atoms with van der Waals surface area (Å²) in [4.78, 5) is 13.7. The van der Waals surface area contributed by atoms with Crippen molar-refractivity contribution < 1.29 is 5.11 Å². The third-order valence-electron chi connectivity index (χ3n) is 6.01. The third kappa shape index (κ3) is 3.97. The molecule has 0 bridgehead atoms. The van der Waals surface area contributed by atoms with Crippen molar-refractivity contribution in [2.75, 3.05) is 42.6 Å². The molecule has 1 N–H and O–H groups in total. The number of aromatic nitrogens is 5. The lowest BCUT2D eigenvalue weighted by Crippen LogP contribution is -2.38. The van der Waals surface area contributed by atoms with E-state index in [2.05, 4.69) is 54.4 Å². The van der Waals surface area contributed by atoms with Gasteiger partial charge in [-0.1, -0.05) is 0 Å². The van der Waals surface area contributed by atoms with Crippen molar-refractivity contribution >= 4 is 11.6 Å². The van der Waals surface area contributed by atoms with Crippen molar-refractivity contribution in [1.29, 1.82) is 0 Å². The molecule has 2 aromatic heterocycles. The normalized spacial score (nSPS) is 23.4. The number of aliphatic hydroxyl groups excluding tert-OH is 1. The molecule has 2 unspecified atom stereocenters. The fourth-order valence-electron chi connectivity index (χ4n) is 4.44. The van der Waals surface area contributed by atoms with Crippen LogP contribution in [0.15, 0.2) is 18.7 Å². The van der Waals surface area contributed by atoms with E-state index in [-0.39, 0.29) is 6.61 Å². The van der Waals surface area contributed by atoms with Crippen LogP contribution in [0.25, 0.3) is 0 Å². The van der Waals surface area contributed by atoms with Crippen molar-refractivity contribution in [3.63, 3.8) is 0 Å². The first-order chi connectivity index (χ1) is 13.7. The smallest absolute Gasteiger partial charge is 0.137 e. The predicted molar refractivity (Wildman–Crippen MR) is 109 cm³/mol. The van der Waals surface area contributed by atoms with Crippen LogP contribution < -0.4 is 9.80 Å². The Balaban J connectivity index is 1.50. The molecule has 0 saturated carbocycles. The number of piperidine rings is 2. The molecule has 2 aliphatic rings. The average molecular weight is 386 g/mol. The Labute approximate surface area is 166 Å². The molecule has 152 valence electrons. The summed E-state index contributed by atoms with van der Waals surface area (Å²) in [6.07, 6.45) is 7.95. The maximum Gasteiger partial charge on any atom is 0.137 e. The van der Waals surface area contributed by atoms with Crippen LogP contribution in [0.5, 0.6) is 0 Å². The first-order valence-electron chi connectivity index (χ1n) is 10.5. The van der Waals surface area contributed by atoms with E-state index >= 15 is 0 Å². The summed E-state index contributed by atoms with van der Waals surface area (Å²) in [6.45, 7) is 8.35. The molecule has 2 saturated heterocycles. The first-order valence-corrected chi connectivity index (χ1v) is 10.5. The second kappa shape index (κ2) is 8.43. The van der Waals surface area contributed by atoms with Crippen LogP contribution in [0.1, 0.15) is 57.3 Å². The van der Waals surface area contributed by atoms with Gasteiger partial charge in [0.2, 0.25) is 0 Å². The Kier molecular flexibility index (Phi) is 5.75. The number of hydrogen-bond acceptors (Lipinski definition) is 7.